The fourth-order valence-electron chi connectivity index (χ4n) is 1.86. The maximum atomic E-state index is 12.1. The van der Waals surface area contributed by atoms with Crippen molar-refractivity contribution in [3.05, 3.63) is 59.8 Å². The topological polar surface area (TPSA) is 51.2 Å². The van der Waals surface area contributed by atoms with Gasteiger partial charge in [-0.1, -0.05) is 30.3 Å². The number of hydrogen-bond donors (Lipinski definition) is 1. The lowest BCUT2D eigenvalue weighted by Gasteiger charge is -2.14. The first-order chi connectivity index (χ1) is 10.8. The van der Waals surface area contributed by atoms with Gasteiger partial charge >= 0.3 is 6.18 Å². The van der Waals surface area contributed by atoms with Gasteiger partial charge in [0, 0.05) is 12.3 Å². The zero-order valence-electron chi connectivity index (χ0n) is 12.3. The molecule has 122 valence electrons. The average molecular weight is 324 g/mol. The lowest BCUT2D eigenvalue weighted by molar-refractivity contribution is -0.154. The molecule has 1 N–H and O–H groups in total. The smallest absolute Gasteiger partial charge is 0.422 e. The van der Waals surface area contributed by atoms with Crippen LogP contribution in [0.2, 0.25) is 0 Å². The van der Waals surface area contributed by atoms with Gasteiger partial charge in [-0.05, 0) is 18.6 Å². The van der Waals surface area contributed by atoms with Gasteiger partial charge in [-0.25, -0.2) is 4.98 Å². The molecule has 0 aliphatic heterocycles. The van der Waals surface area contributed by atoms with Gasteiger partial charge in [-0.2, -0.15) is 13.2 Å². The summed E-state index contributed by atoms with van der Waals surface area (Å²) < 4.78 is 40.6. The molecule has 0 aliphatic carbocycles. The quantitative estimate of drug-likeness (QED) is 0.915. The molecule has 2 rings (SSSR count). The van der Waals surface area contributed by atoms with Crippen molar-refractivity contribution < 1.29 is 22.7 Å². The summed E-state index contributed by atoms with van der Waals surface area (Å²) in [7, 11) is 0. The van der Waals surface area contributed by atoms with Crippen LogP contribution >= 0.6 is 0 Å². The Hall–Kier alpha value is -2.57. The number of carbonyl (C=O) groups is 1. The van der Waals surface area contributed by atoms with Crippen LogP contribution in [0.1, 0.15) is 28.9 Å². The molecule has 0 saturated carbocycles. The fourth-order valence-corrected chi connectivity index (χ4v) is 1.86. The van der Waals surface area contributed by atoms with Crippen LogP contribution in [0.4, 0.5) is 13.2 Å². The number of hydrogen-bond acceptors (Lipinski definition) is 3. The largest absolute Gasteiger partial charge is 0.468 e. The number of pyridine rings is 1. The van der Waals surface area contributed by atoms with Gasteiger partial charge in [-0.3, -0.25) is 4.79 Å². The highest BCUT2D eigenvalue weighted by Gasteiger charge is 2.28. The van der Waals surface area contributed by atoms with E-state index in [1.165, 1.54) is 18.3 Å². The van der Waals surface area contributed by atoms with Crippen LogP contribution in [0.15, 0.2) is 48.7 Å². The molecule has 1 amide bonds. The lowest BCUT2D eigenvalue weighted by Crippen LogP contribution is -2.26. The van der Waals surface area contributed by atoms with Crippen molar-refractivity contribution in [1.82, 2.24) is 10.3 Å². The van der Waals surface area contributed by atoms with Gasteiger partial charge in [0.1, 0.15) is 0 Å². The molecule has 0 radical (unpaired) electrons. The van der Waals surface area contributed by atoms with E-state index < -0.39 is 12.8 Å². The summed E-state index contributed by atoms with van der Waals surface area (Å²) in [6.07, 6.45) is -3.25. The maximum Gasteiger partial charge on any atom is 0.422 e. The normalized spacial score (nSPS) is 12.5. The third kappa shape index (κ3) is 5.28. The zero-order valence-corrected chi connectivity index (χ0v) is 12.3. The molecule has 7 heteroatoms. The van der Waals surface area contributed by atoms with Gasteiger partial charge in [0.15, 0.2) is 6.61 Å². The van der Waals surface area contributed by atoms with Crippen LogP contribution in [0.25, 0.3) is 0 Å². The van der Waals surface area contributed by atoms with Crippen molar-refractivity contribution in [3.63, 3.8) is 0 Å². The Balaban J connectivity index is 1.95. The van der Waals surface area contributed by atoms with E-state index in [9.17, 15) is 18.0 Å². The Kier molecular flexibility index (Phi) is 5.20. The molecule has 1 aromatic carbocycles. The molecule has 0 saturated heterocycles. The van der Waals surface area contributed by atoms with Crippen molar-refractivity contribution in [3.8, 4) is 5.88 Å². The summed E-state index contributed by atoms with van der Waals surface area (Å²) in [5, 5.41) is 2.79. The first kappa shape index (κ1) is 16.8. The number of benzene rings is 1. The molecule has 0 spiro atoms. The summed E-state index contributed by atoms with van der Waals surface area (Å²) in [6.45, 7) is 0.415. The molecule has 0 aliphatic rings. The fraction of sp³-hybridized carbons (Fsp3) is 0.250. The zero-order chi connectivity index (χ0) is 16.9. The molecule has 0 bridgehead atoms. The Bertz CT molecular complexity index is 643. The molecule has 4 nitrogen and oxygen atoms in total. The Morgan fingerprint density at radius 1 is 1.22 bits per heavy atom. The molecule has 2 aromatic rings. The predicted octanol–water partition coefficient (Wildman–Crippen LogP) is 3.51. The van der Waals surface area contributed by atoms with Crippen LogP contribution in [0.5, 0.6) is 5.88 Å². The van der Waals surface area contributed by atoms with E-state index in [0.29, 0.717) is 0 Å². The highest BCUT2D eigenvalue weighted by atomic mass is 19.4. The molecule has 0 fully saturated rings. The lowest BCUT2D eigenvalue weighted by atomic mass is 10.1. The standard InChI is InChI=1S/C16H15F3N2O2/c1-11(12-5-3-2-4-6-12)21-15(22)13-7-8-14(20-9-13)23-10-16(17,18)19/h2-9,11H,10H2,1H3,(H,21,22)/t11-/m1/s1. The van der Waals surface area contributed by atoms with Crippen LogP contribution < -0.4 is 10.1 Å². The third-order valence-corrected chi connectivity index (χ3v) is 3.03. The van der Waals surface area contributed by atoms with E-state index in [-0.39, 0.29) is 23.4 Å². The summed E-state index contributed by atoms with van der Waals surface area (Å²) in [5.74, 6) is -0.550. The van der Waals surface area contributed by atoms with E-state index in [4.69, 9.17) is 0 Å². The van der Waals surface area contributed by atoms with Crippen molar-refractivity contribution in [2.75, 3.05) is 6.61 Å². The summed E-state index contributed by atoms with van der Waals surface area (Å²) in [6, 6.07) is 11.8. The first-order valence-corrected chi connectivity index (χ1v) is 6.86. The minimum Gasteiger partial charge on any atom is -0.468 e. The molecule has 1 atom stereocenters. The first-order valence-electron chi connectivity index (χ1n) is 6.86. The number of aromatic nitrogens is 1. The number of halogens is 3. The van der Waals surface area contributed by atoms with E-state index in [1.807, 2.05) is 37.3 Å². The average Bonchev–Trinajstić information content (AvgIpc) is 2.53. The van der Waals surface area contributed by atoms with E-state index in [1.54, 1.807) is 0 Å². The highest BCUT2D eigenvalue weighted by molar-refractivity contribution is 5.94. The number of ether oxygens (including phenoxy) is 1. The van der Waals surface area contributed by atoms with Gasteiger partial charge in [-0.15, -0.1) is 0 Å². The van der Waals surface area contributed by atoms with Gasteiger partial charge in [0.2, 0.25) is 5.88 Å². The Morgan fingerprint density at radius 2 is 1.91 bits per heavy atom. The van der Waals surface area contributed by atoms with Crippen LogP contribution in [-0.2, 0) is 0 Å². The summed E-state index contributed by atoms with van der Waals surface area (Å²) in [5.41, 5.74) is 1.19. The van der Waals surface area contributed by atoms with Crippen LogP contribution in [-0.4, -0.2) is 23.7 Å². The Labute approximate surface area is 131 Å². The summed E-state index contributed by atoms with van der Waals surface area (Å²) >= 11 is 0. The van der Waals surface area contributed by atoms with Crippen molar-refractivity contribution in [2.45, 2.75) is 19.1 Å². The van der Waals surface area contributed by atoms with Gasteiger partial charge in [0.05, 0.1) is 11.6 Å². The SMILES string of the molecule is C[C@@H](NC(=O)c1ccc(OCC(F)(F)F)nc1)c1ccccc1. The second-order valence-electron chi connectivity index (χ2n) is 4.89. The molecule has 23 heavy (non-hydrogen) atoms. The molecular weight excluding hydrogens is 309 g/mol. The minimum absolute atomic E-state index is 0.185. The predicted molar refractivity (Wildman–Crippen MR) is 78.1 cm³/mol. The molecule has 1 aromatic heterocycles. The summed E-state index contributed by atoms with van der Waals surface area (Å²) in [4.78, 5) is 15.8. The molecular formula is C16H15F3N2O2. The second kappa shape index (κ2) is 7.13. The monoisotopic (exact) mass is 324 g/mol. The molecule has 0 unspecified atom stereocenters. The van der Waals surface area contributed by atoms with E-state index >= 15 is 0 Å². The van der Waals surface area contributed by atoms with Gasteiger partial charge < -0.3 is 10.1 Å². The number of alkyl halides is 3. The Morgan fingerprint density at radius 3 is 2.48 bits per heavy atom. The van der Waals surface area contributed by atoms with Crippen molar-refractivity contribution in [2.24, 2.45) is 0 Å². The number of nitrogens with zero attached hydrogens (tertiary/aromatic N) is 1. The number of rotatable bonds is 5. The second-order valence-corrected chi connectivity index (χ2v) is 4.89. The number of carbonyl (C=O) groups excluding carboxylic acids is 1. The van der Waals surface area contributed by atoms with E-state index in [2.05, 4.69) is 15.0 Å². The maximum absolute atomic E-state index is 12.1. The minimum atomic E-state index is -4.43. The third-order valence-electron chi connectivity index (χ3n) is 3.03. The number of nitrogens with one attached hydrogen (secondary N) is 1. The van der Waals surface area contributed by atoms with E-state index in [0.717, 1.165) is 5.56 Å². The van der Waals surface area contributed by atoms with Crippen LogP contribution in [0, 0.1) is 0 Å². The van der Waals surface area contributed by atoms with Gasteiger partial charge in [0.25, 0.3) is 5.91 Å². The van der Waals surface area contributed by atoms with Crippen LogP contribution in [0.3, 0.4) is 0 Å². The van der Waals surface area contributed by atoms with Crippen molar-refractivity contribution >= 4 is 5.91 Å². The molecule has 1 heterocycles. The van der Waals surface area contributed by atoms with Crippen molar-refractivity contribution in [1.29, 1.82) is 0 Å². The number of amides is 1. The highest BCUT2D eigenvalue weighted by Crippen LogP contribution is 2.17.